The predicted molar refractivity (Wildman–Crippen MR) is 85.8 cm³/mol. The highest BCUT2D eigenvalue weighted by Gasteiger charge is 2.25. The summed E-state index contributed by atoms with van der Waals surface area (Å²) in [4.78, 5) is 0. The van der Waals surface area contributed by atoms with Crippen molar-refractivity contribution in [3.8, 4) is 0 Å². The highest BCUT2D eigenvalue weighted by atomic mass is 16.3. The summed E-state index contributed by atoms with van der Waals surface area (Å²) in [5.74, 6) is 1.74. The van der Waals surface area contributed by atoms with Gasteiger partial charge in [-0.3, -0.25) is 0 Å². The summed E-state index contributed by atoms with van der Waals surface area (Å²) in [5.41, 5.74) is 1.48. The van der Waals surface area contributed by atoms with Crippen molar-refractivity contribution in [3.63, 3.8) is 0 Å². The van der Waals surface area contributed by atoms with Crippen LogP contribution in [0.5, 0.6) is 0 Å². The number of benzene rings is 1. The lowest BCUT2D eigenvalue weighted by atomic mass is 9.88. The third-order valence-corrected chi connectivity index (χ3v) is 4.95. The number of hydrogen-bond acceptors (Lipinski definition) is 1. The van der Waals surface area contributed by atoms with E-state index in [0.29, 0.717) is 6.61 Å². The van der Waals surface area contributed by atoms with Crippen molar-refractivity contribution in [2.24, 2.45) is 11.8 Å². The minimum Gasteiger partial charge on any atom is -0.396 e. The summed E-state index contributed by atoms with van der Waals surface area (Å²) in [5, 5.41) is 9.09. The molecule has 20 heavy (non-hydrogen) atoms. The summed E-state index contributed by atoms with van der Waals surface area (Å²) in [6, 6.07) is 10.8. The second kappa shape index (κ2) is 9.18. The van der Waals surface area contributed by atoms with Gasteiger partial charge >= 0.3 is 0 Å². The van der Waals surface area contributed by atoms with Crippen LogP contribution in [0.1, 0.15) is 63.4 Å². The van der Waals surface area contributed by atoms with Gasteiger partial charge in [0.1, 0.15) is 0 Å². The van der Waals surface area contributed by atoms with Crippen molar-refractivity contribution in [2.45, 2.75) is 64.2 Å². The number of unbranched alkanes of at least 4 members (excludes halogenated alkanes) is 3. The van der Waals surface area contributed by atoms with Gasteiger partial charge in [0.15, 0.2) is 0 Å². The van der Waals surface area contributed by atoms with E-state index >= 15 is 0 Å². The summed E-state index contributed by atoms with van der Waals surface area (Å²) >= 11 is 0. The normalized spacial score (nSPS) is 22.2. The molecule has 0 bridgehead atoms. The predicted octanol–water partition coefficient (Wildman–Crippen LogP) is 4.98. The highest BCUT2D eigenvalue weighted by molar-refractivity contribution is 5.14. The molecule has 1 aromatic carbocycles. The quantitative estimate of drug-likeness (QED) is 0.630. The van der Waals surface area contributed by atoms with Crippen LogP contribution in [0, 0.1) is 11.8 Å². The summed E-state index contributed by atoms with van der Waals surface area (Å²) in [6.45, 7) is 0.387. The van der Waals surface area contributed by atoms with E-state index in [1.807, 2.05) is 0 Å². The molecule has 0 spiro atoms. The molecular weight excluding hydrogens is 244 g/mol. The van der Waals surface area contributed by atoms with E-state index in [9.17, 15) is 0 Å². The lowest BCUT2D eigenvalue weighted by molar-refractivity contribution is 0.228. The molecule has 1 unspecified atom stereocenters. The Morgan fingerprint density at radius 1 is 0.850 bits per heavy atom. The summed E-state index contributed by atoms with van der Waals surface area (Å²) in [7, 11) is 0. The molecule has 2 rings (SSSR count). The van der Waals surface area contributed by atoms with Gasteiger partial charge in [0.25, 0.3) is 0 Å². The fraction of sp³-hybridized carbons (Fsp3) is 0.684. The molecule has 0 aliphatic heterocycles. The zero-order valence-corrected chi connectivity index (χ0v) is 12.8. The van der Waals surface area contributed by atoms with E-state index in [1.54, 1.807) is 0 Å². The smallest absolute Gasteiger partial charge is 0.0433 e. The van der Waals surface area contributed by atoms with Gasteiger partial charge in [0.05, 0.1) is 0 Å². The molecule has 1 fully saturated rings. The van der Waals surface area contributed by atoms with Crippen molar-refractivity contribution >= 4 is 0 Å². The van der Waals surface area contributed by atoms with Crippen LogP contribution in [0.15, 0.2) is 30.3 Å². The Kier molecular flexibility index (Phi) is 7.14. The lowest BCUT2D eigenvalue weighted by Crippen LogP contribution is -2.09. The van der Waals surface area contributed by atoms with Crippen LogP contribution >= 0.6 is 0 Å². The Bertz CT molecular complexity index is 346. The molecule has 1 N–H and O–H groups in total. The van der Waals surface area contributed by atoms with Gasteiger partial charge in [0.2, 0.25) is 0 Å². The van der Waals surface area contributed by atoms with Crippen molar-refractivity contribution < 1.29 is 5.11 Å². The molecule has 1 aliphatic carbocycles. The van der Waals surface area contributed by atoms with E-state index in [1.165, 1.54) is 63.4 Å². The van der Waals surface area contributed by atoms with Crippen LogP contribution in [0.3, 0.4) is 0 Å². The molecule has 0 radical (unpaired) electrons. The molecule has 112 valence electrons. The average Bonchev–Trinajstić information content (AvgIpc) is 2.92. The van der Waals surface area contributed by atoms with Crippen molar-refractivity contribution in [1.29, 1.82) is 0 Å². The minimum absolute atomic E-state index is 0.387. The first-order valence-electron chi connectivity index (χ1n) is 8.55. The lowest BCUT2D eigenvalue weighted by Gasteiger charge is -2.18. The van der Waals surface area contributed by atoms with Gasteiger partial charge in [-0.1, -0.05) is 75.3 Å². The zero-order valence-electron chi connectivity index (χ0n) is 12.8. The Morgan fingerprint density at radius 2 is 1.55 bits per heavy atom. The molecule has 1 aliphatic rings. The highest BCUT2D eigenvalue weighted by Crippen LogP contribution is 2.37. The van der Waals surface area contributed by atoms with Gasteiger partial charge in [-0.05, 0) is 36.7 Å². The van der Waals surface area contributed by atoms with E-state index in [4.69, 9.17) is 5.11 Å². The maximum Gasteiger partial charge on any atom is 0.0433 e. The first-order valence-corrected chi connectivity index (χ1v) is 8.55. The molecular formula is C19H30O. The molecule has 2 atom stereocenters. The first kappa shape index (κ1) is 15.6. The fourth-order valence-electron chi connectivity index (χ4n) is 3.77. The third-order valence-electron chi connectivity index (χ3n) is 4.95. The standard InChI is InChI=1S/C19H30O/c20-16-15-19-14-8-13-18(19)12-7-2-1-4-9-17-10-5-3-6-11-17/h3,5-6,10-11,18-20H,1-2,4,7-9,12-16H2/t18?,19-/m1/s1. The summed E-state index contributed by atoms with van der Waals surface area (Å²) in [6.07, 6.45) is 13.3. The largest absolute Gasteiger partial charge is 0.396 e. The monoisotopic (exact) mass is 274 g/mol. The van der Waals surface area contributed by atoms with Gasteiger partial charge in [-0.2, -0.15) is 0 Å². The molecule has 1 saturated carbocycles. The Balaban J connectivity index is 1.51. The molecule has 0 saturated heterocycles. The average molecular weight is 274 g/mol. The molecule has 0 amide bonds. The van der Waals surface area contributed by atoms with Crippen LogP contribution in [0.4, 0.5) is 0 Å². The topological polar surface area (TPSA) is 20.2 Å². The van der Waals surface area contributed by atoms with Gasteiger partial charge < -0.3 is 5.11 Å². The second-order valence-electron chi connectivity index (χ2n) is 6.40. The second-order valence-corrected chi connectivity index (χ2v) is 6.40. The number of aryl methyl sites for hydroxylation is 1. The van der Waals surface area contributed by atoms with Crippen LogP contribution in [0.25, 0.3) is 0 Å². The Labute approximate surface area is 124 Å². The molecule has 1 nitrogen and oxygen atoms in total. The van der Waals surface area contributed by atoms with Gasteiger partial charge in [-0.15, -0.1) is 0 Å². The molecule has 1 aromatic rings. The SMILES string of the molecule is OCC[C@H]1CCCC1CCCCCCc1ccccc1. The number of hydrogen-bond donors (Lipinski definition) is 1. The maximum absolute atomic E-state index is 9.09. The van der Waals surface area contributed by atoms with Crippen LogP contribution in [-0.2, 0) is 6.42 Å². The van der Waals surface area contributed by atoms with Crippen LogP contribution in [0.2, 0.25) is 0 Å². The first-order chi connectivity index (χ1) is 9.90. The van der Waals surface area contributed by atoms with E-state index in [-0.39, 0.29) is 0 Å². The third kappa shape index (κ3) is 5.28. The molecule has 0 aromatic heterocycles. The van der Waals surface area contributed by atoms with E-state index in [2.05, 4.69) is 30.3 Å². The molecule has 0 heterocycles. The Hall–Kier alpha value is -0.820. The van der Waals surface area contributed by atoms with Crippen molar-refractivity contribution in [1.82, 2.24) is 0 Å². The minimum atomic E-state index is 0.387. The maximum atomic E-state index is 9.09. The number of rotatable bonds is 9. The van der Waals surface area contributed by atoms with Crippen LogP contribution in [-0.4, -0.2) is 11.7 Å². The Morgan fingerprint density at radius 3 is 2.30 bits per heavy atom. The number of aliphatic hydroxyl groups is 1. The van der Waals surface area contributed by atoms with E-state index in [0.717, 1.165) is 18.3 Å². The van der Waals surface area contributed by atoms with Crippen molar-refractivity contribution in [3.05, 3.63) is 35.9 Å². The van der Waals surface area contributed by atoms with Gasteiger partial charge in [-0.25, -0.2) is 0 Å². The van der Waals surface area contributed by atoms with Crippen molar-refractivity contribution in [2.75, 3.05) is 6.61 Å². The van der Waals surface area contributed by atoms with E-state index < -0.39 is 0 Å². The zero-order chi connectivity index (χ0) is 14.0. The van der Waals surface area contributed by atoms with Crippen LogP contribution < -0.4 is 0 Å². The molecule has 1 heteroatoms. The number of aliphatic hydroxyl groups excluding tert-OH is 1. The summed E-state index contributed by atoms with van der Waals surface area (Å²) < 4.78 is 0. The fourth-order valence-corrected chi connectivity index (χ4v) is 3.77. The van der Waals surface area contributed by atoms with Gasteiger partial charge in [0, 0.05) is 6.61 Å².